The van der Waals surface area contributed by atoms with Gasteiger partial charge in [-0.15, -0.1) is 11.8 Å². The molecule has 6 nitrogen and oxygen atoms in total. The molecule has 0 saturated heterocycles. The smallest absolute Gasteiger partial charge is 0.271 e. The number of nitro groups is 1. The first-order valence-corrected chi connectivity index (χ1v) is 8.61. The summed E-state index contributed by atoms with van der Waals surface area (Å²) < 4.78 is 0.781. The van der Waals surface area contributed by atoms with Crippen LogP contribution in [0.15, 0.2) is 47.4 Å². The van der Waals surface area contributed by atoms with E-state index in [1.807, 2.05) is 18.4 Å². The zero-order valence-electron chi connectivity index (χ0n) is 12.0. The molecule has 8 heteroatoms. The van der Waals surface area contributed by atoms with Crippen molar-refractivity contribution in [3.63, 3.8) is 0 Å². The Labute approximate surface area is 139 Å². The lowest BCUT2D eigenvalue weighted by Gasteiger charge is -2.03. The molecule has 3 rings (SSSR count). The fraction of sp³-hybridized carbons (Fsp3) is 0.0667. The fourth-order valence-electron chi connectivity index (χ4n) is 2.02. The number of rotatable bonds is 4. The van der Waals surface area contributed by atoms with Crippen LogP contribution in [-0.2, 0) is 0 Å². The molecular weight excluding hydrogens is 334 g/mol. The molecule has 2 aromatic carbocycles. The van der Waals surface area contributed by atoms with Crippen molar-refractivity contribution in [1.82, 2.24) is 4.98 Å². The summed E-state index contributed by atoms with van der Waals surface area (Å²) in [5, 5.41) is 13.9. The second-order valence-corrected chi connectivity index (χ2v) is 6.52. The highest BCUT2D eigenvalue weighted by Gasteiger charge is 2.13. The summed E-state index contributed by atoms with van der Waals surface area (Å²) in [4.78, 5) is 27.8. The Kier molecular flexibility index (Phi) is 4.26. The Hall–Kier alpha value is -2.45. The Balaban J connectivity index is 1.85. The van der Waals surface area contributed by atoms with Crippen LogP contribution in [0.1, 0.15) is 10.4 Å². The predicted octanol–water partition coefficient (Wildman–Crippen LogP) is 4.18. The molecule has 1 N–H and O–H groups in total. The van der Waals surface area contributed by atoms with Crippen LogP contribution in [0.25, 0.3) is 10.2 Å². The van der Waals surface area contributed by atoms with Gasteiger partial charge in [0.15, 0.2) is 5.13 Å². The van der Waals surface area contributed by atoms with E-state index in [4.69, 9.17) is 0 Å². The van der Waals surface area contributed by atoms with Crippen LogP contribution in [0.3, 0.4) is 0 Å². The van der Waals surface area contributed by atoms with E-state index in [2.05, 4.69) is 10.3 Å². The number of anilines is 1. The van der Waals surface area contributed by atoms with Gasteiger partial charge in [0.1, 0.15) is 0 Å². The summed E-state index contributed by atoms with van der Waals surface area (Å²) in [6.45, 7) is 0. The number of non-ortho nitro benzene ring substituents is 1. The summed E-state index contributed by atoms with van der Waals surface area (Å²) in [6.07, 6.45) is 1.94. The first-order valence-electron chi connectivity index (χ1n) is 6.57. The third-order valence-electron chi connectivity index (χ3n) is 3.13. The van der Waals surface area contributed by atoms with Gasteiger partial charge in [-0.2, -0.15) is 0 Å². The monoisotopic (exact) mass is 345 g/mol. The van der Waals surface area contributed by atoms with Crippen LogP contribution in [0.2, 0.25) is 0 Å². The molecule has 0 bridgehead atoms. The number of carbonyl (C=O) groups is 1. The maximum Gasteiger partial charge on any atom is 0.271 e. The van der Waals surface area contributed by atoms with Crippen molar-refractivity contribution in [2.24, 2.45) is 0 Å². The van der Waals surface area contributed by atoms with Crippen LogP contribution in [-0.4, -0.2) is 22.1 Å². The summed E-state index contributed by atoms with van der Waals surface area (Å²) in [5.41, 5.74) is 1.02. The number of carbonyl (C=O) groups excluding carboxylic acids is 1. The number of thiazole rings is 1. The Morgan fingerprint density at radius 2 is 2.13 bits per heavy atom. The lowest BCUT2D eigenvalue weighted by atomic mass is 10.2. The zero-order valence-corrected chi connectivity index (χ0v) is 13.6. The summed E-state index contributed by atoms with van der Waals surface area (Å²) in [7, 11) is 0. The van der Waals surface area contributed by atoms with E-state index in [1.165, 1.54) is 23.5 Å². The van der Waals surface area contributed by atoms with E-state index >= 15 is 0 Å². The van der Waals surface area contributed by atoms with Gasteiger partial charge >= 0.3 is 0 Å². The van der Waals surface area contributed by atoms with Gasteiger partial charge in [0.25, 0.3) is 11.6 Å². The van der Waals surface area contributed by atoms with Gasteiger partial charge in [0.2, 0.25) is 0 Å². The second-order valence-electron chi connectivity index (χ2n) is 4.61. The molecule has 0 fully saturated rings. The molecule has 0 aliphatic rings. The third-order valence-corrected chi connectivity index (χ3v) is 4.81. The van der Waals surface area contributed by atoms with Crippen molar-refractivity contribution < 1.29 is 9.72 Å². The average molecular weight is 345 g/mol. The molecule has 0 saturated carbocycles. The van der Waals surface area contributed by atoms with Crippen molar-refractivity contribution >= 4 is 50.0 Å². The number of thioether (sulfide) groups is 1. The number of benzene rings is 2. The number of aromatic nitrogens is 1. The van der Waals surface area contributed by atoms with Gasteiger partial charge in [-0.1, -0.05) is 17.4 Å². The molecule has 0 unspecified atom stereocenters. The highest BCUT2D eigenvalue weighted by molar-refractivity contribution is 7.98. The van der Waals surface area contributed by atoms with Gasteiger partial charge in [0, 0.05) is 22.6 Å². The molecular formula is C15H11N3O3S2. The molecule has 0 atom stereocenters. The average Bonchev–Trinajstić information content (AvgIpc) is 2.96. The minimum atomic E-state index is -0.467. The van der Waals surface area contributed by atoms with Gasteiger partial charge in [-0.3, -0.25) is 20.2 Å². The lowest BCUT2D eigenvalue weighted by molar-refractivity contribution is -0.384. The molecule has 0 aliphatic carbocycles. The largest absolute Gasteiger partial charge is 0.298 e. The molecule has 0 spiro atoms. The van der Waals surface area contributed by atoms with Crippen LogP contribution in [0.5, 0.6) is 0 Å². The summed E-state index contributed by atoms with van der Waals surface area (Å²) in [5.74, 6) is -0.255. The minimum Gasteiger partial charge on any atom is -0.298 e. The van der Waals surface area contributed by atoms with E-state index in [-0.39, 0.29) is 11.6 Å². The summed E-state index contributed by atoms with van der Waals surface area (Å²) in [6, 6.07) is 11.7. The van der Waals surface area contributed by atoms with Crippen molar-refractivity contribution in [2.45, 2.75) is 4.90 Å². The highest BCUT2D eigenvalue weighted by Crippen LogP contribution is 2.29. The molecule has 0 aliphatic heterocycles. The van der Waals surface area contributed by atoms with Crippen molar-refractivity contribution in [1.29, 1.82) is 0 Å². The molecule has 1 heterocycles. The topological polar surface area (TPSA) is 85.1 Å². The van der Waals surface area contributed by atoms with E-state index in [1.54, 1.807) is 30.0 Å². The number of nitro benzene ring substituents is 1. The number of fused-ring (bicyclic) bond motifs is 1. The number of hydrogen-bond donors (Lipinski definition) is 1. The standard InChI is InChI=1S/C15H11N3O3S2/c1-22-11-4-2-3-9(7-11)14(19)17-15-16-12-8-10(18(20)21)5-6-13(12)23-15/h2-8H,1H3,(H,16,17,19). The van der Waals surface area contributed by atoms with Crippen LogP contribution in [0.4, 0.5) is 10.8 Å². The van der Waals surface area contributed by atoms with E-state index in [9.17, 15) is 14.9 Å². The first kappa shape index (κ1) is 15.4. The Morgan fingerprint density at radius 1 is 1.30 bits per heavy atom. The first-order chi connectivity index (χ1) is 11.1. The van der Waals surface area contributed by atoms with E-state index in [0.29, 0.717) is 16.2 Å². The van der Waals surface area contributed by atoms with Crippen molar-refractivity contribution in [3.05, 3.63) is 58.1 Å². The van der Waals surface area contributed by atoms with Crippen LogP contribution >= 0.6 is 23.1 Å². The maximum absolute atomic E-state index is 12.3. The van der Waals surface area contributed by atoms with Gasteiger partial charge in [0.05, 0.1) is 15.1 Å². The molecule has 1 aromatic heterocycles. The number of nitrogens with zero attached hydrogens (tertiary/aromatic N) is 2. The van der Waals surface area contributed by atoms with E-state index in [0.717, 1.165) is 9.60 Å². The molecule has 116 valence electrons. The number of hydrogen-bond acceptors (Lipinski definition) is 6. The lowest BCUT2D eigenvalue weighted by Crippen LogP contribution is -2.11. The van der Waals surface area contributed by atoms with E-state index < -0.39 is 4.92 Å². The maximum atomic E-state index is 12.3. The highest BCUT2D eigenvalue weighted by atomic mass is 32.2. The summed E-state index contributed by atoms with van der Waals surface area (Å²) >= 11 is 2.84. The SMILES string of the molecule is CSc1cccc(C(=O)Nc2nc3cc([N+](=O)[O-])ccc3s2)c1. The van der Waals surface area contributed by atoms with Crippen LogP contribution < -0.4 is 5.32 Å². The fourth-order valence-corrected chi connectivity index (χ4v) is 3.32. The Bertz CT molecular complexity index is 908. The predicted molar refractivity (Wildman–Crippen MR) is 92.5 cm³/mol. The minimum absolute atomic E-state index is 0.0200. The normalized spacial score (nSPS) is 10.7. The number of nitrogens with one attached hydrogen (secondary N) is 1. The van der Waals surface area contributed by atoms with Crippen molar-refractivity contribution in [3.8, 4) is 0 Å². The second kappa shape index (κ2) is 6.35. The van der Waals surface area contributed by atoms with Gasteiger partial charge in [-0.25, -0.2) is 4.98 Å². The van der Waals surface area contributed by atoms with Crippen LogP contribution in [0, 0.1) is 10.1 Å². The molecule has 1 amide bonds. The zero-order chi connectivity index (χ0) is 16.4. The third kappa shape index (κ3) is 3.33. The Morgan fingerprint density at radius 3 is 2.87 bits per heavy atom. The van der Waals surface area contributed by atoms with Gasteiger partial charge in [-0.05, 0) is 30.5 Å². The quantitative estimate of drug-likeness (QED) is 0.435. The number of amides is 1. The molecule has 0 radical (unpaired) electrons. The van der Waals surface area contributed by atoms with Crippen molar-refractivity contribution in [2.75, 3.05) is 11.6 Å². The molecule has 23 heavy (non-hydrogen) atoms. The molecule has 3 aromatic rings. The van der Waals surface area contributed by atoms with Gasteiger partial charge < -0.3 is 0 Å².